The second-order valence-corrected chi connectivity index (χ2v) is 5.42. The Morgan fingerprint density at radius 3 is 2.96 bits per heavy atom. The van der Waals surface area contributed by atoms with Crippen LogP contribution in [0.1, 0.15) is 35.4 Å². The third kappa shape index (κ3) is 4.65. The molecule has 0 saturated carbocycles. The van der Waals surface area contributed by atoms with Gasteiger partial charge >= 0.3 is 0 Å². The highest BCUT2D eigenvalue weighted by molar-refractivity contribution is 5.76. The van der Waals surface area contributed by atoms with Crippen molar-refractivity contribution < 1.29 is 4.79 Å². The van der Waals surface area contributed by atoms with Crippen LogP contribution in [0.2, 0.25) is 0 Å². The number of amides is 1. The Bertz CT molecular complexity index is 700. The third-order valence-electron chi connectivity index (χ3n) is 3.78. The second-order valence-electron chi connectivity index (χ2n) is 5.42. The number of hydrogen-bond donors (Lipinski definition) is 1. The van der Waals surface area contributed by atoms with Crippen LogP contribution in [0.3, 0.4) is 0 Å². The van der Waals surface area contributed by atoms with Gasteiger partial charge in [0.25, 0.3) is 0 Å². The van der Waals surface area contributed by atoms with E-state index in [0.29, 0.717) is 32.4 Å². The summed E-state index contributed by atoms with van der Waals surface area (Å²) in [6.45, 7) is 5.02. The first-order chi connectivity index (χ1) is 11.1. The molecule has 0 aromatic carbocycles. The average molecular weight is 311 g/mol. The molecule has 120 valence electrons. The number of rotatable bonds is 7. The predicted molar refractivity (Wildman–Crippen MR) is 86.3 cm³/mol. The molecule has 6 nitrogen and oxygen atoms in total. The highest BCUT2D eigenvalue weighted by Crippen LogP contribution is 2.15. The van der Waals surface area contributed by atoms with E-state index < -0.39 is 0 Å². The number of nitrogens with one attached hydrogen (secondary N) is 1. The fourth-order valence-electron chi connectivity index (χ4n) is 2.50. The minimum absolute atomic E-state index is 0.0115. The van der Waals surface area contributed by atoms with Gasteiger partial charge in [-0.25, -0.2) is 0 Å². The SMILES string of the molecule is Cc1nn(CCC#N)c(C)c1CCC(=O)NCc1cccnc1. The van der Waals surface area contributed by atoms with Crippen LogP contribution in [0.15, 0.2) is 24.5 Å². The summed E-state index contributed by atoms with van der Waals surface area (Å²) >= 11 is 0. The molecule has 0 aliphatic carbocycles. The summed E-state index contributed by atoms with van der Waals surface area (Å²) in [6, 6.07) is 5.91. The van der Waals surface area contributed by atoms with E-state index in [0.717, 1.165) is 22.5 Å². The van der Waals surface area contributed by atoms with Gasteiger partial charge in [-0.1, -0.05) is 6.07 Å². The molecule has 0 bridgehead atoms. The number of nitriles is 1. The van der Waals surface area contributed by atoms with Crippen LogP contribution in [0.25, 0.3) is 0 Å². The summed E-state index contributed by atoms with van der Waals surface area (Å²) in [5, 5.41) is 16.0. The van der Waals surface area contributed by atoms with Gasteiger partial charge in [0.05, 0.1) is 24.7 Å². The number of pyridine rings is 1. The van der Waals surface area contributed by atoms with Gasteiger partial charge in [0.2, 0.25) is 5.91 Å². The maximum Gasteiger partial charge on any atom is 0.220 e. The molecule has 2 heterocycles. The van der Waals surface area contributed by atoms with E-state index in [1.54, 1.807) is 12.4 Å². The van der Waals surface area contributed by atoms with Crippen LogP contribution >= 0.6 is 0 Å². The van der Waals surface area contributed by atoms with Gasteiger partial charge in [-0.05, 0) is 37.5 Å². The number of hydrogen-bond acceptors (Lipinski definition) is 4. The Labute approximate surface area is 136 Å². The third-order valence-corrected chi connectivity index (χ3v) is 3.78. The van der Waals surface area contributed by atoms with E-state index in [4.69, 9.17) is 5.26 Å². The Kier molecular flexibility index (Phi) is 5.87. The van der Waals surface area contributed by atoms with E-state index in [2.05, 4.69) is 21.5 Å². The zero-order chi connectivity index (χ0) is 16.7. The Balaban J connectivity index is 1.87. The van der Waals surface area contributed by atoms with E-state index in [1.807, 2.05) is 30.7 Å². The van der Waals surface area contributed by atoms with E-state index in [1.165, 1.54) is 0 Å². The lowest BCUT2D eigenvalue weighted by molar-refractivity contribution is -0.121. The molecule has 0 unspecified atom stereocenters. The predicted octanol–water partition coefficient (Wildman–Crippen LogP) is 2.06. The van der Waals surface area contributed by atoms with Crippen molar-refractivity contribution in [1.29, 1.82) is 5.26 Å². The number of nitrogens with zero attached hydrogens (tertiary/aromatic N) is 4. The summed E-state index contributed by atoms with van der Waals surface area (Å²) in [7, 11) is 0. The van der Waals surface area contributed by atoms with Gasteiger partial charge in [0.1, 0.15) is 0 Å². The Hall–Kier alpha value is -2.68. The molecule has 2 aromatic heterocycles. The average Bonchev–Trinajstić information content (AvgIpc) is 2.83. The summed E-state index contributed by atoms with van der Waals surface area (Å²) in [6.07, 6.45) is 4.97. The summed E-state index contributed by atoms with van der Waals surface area (Å²) in [4.78, 5) is 16.0. The van der Waals surface area contributed by atoms with Crippen LogP contribution in [0.4, 0.5) is 0 Å². The molecule has 0 fully saturated rings. The zero-order valence-electron chi connectivity index (χ0n) is 13.5. The minimum atomic E-state index is 0.0115. The minimum Gasteiger partial charge on any atom is -0.352 e. The number of aromatic nitrogens is 3. The van der Waals surface area contributed by atoms with Gasteiger partial charge in [-0.3, -0.25) is 14.5 Å². The second kappa shape index (κ2) is 8.08. The van der Waals surface area contributed by atoms with E-state index in [9.17, 15) is 4.79 Å². The molecule has 2 rings (SSSR count). The molecule has 1 N–H and O–H groups in total. The maximum absolute atomic E-state index is 12.0. The number of carbonyl (C=O) groups excluding carboxylic acids is 1. The molecule has 0 spiro atoms. The summed E-state index contributed by atoms with van der Waals surface area (Å²) in [5.74, 6) is 0.0115. The van der Waals surface area contributed by atoms with Gasteiger partial charge in [0.15, 0.2) is 0 Å². The van der Waals surface area contributed by atoms with Crippen molar-refractivity contribution in [3.63, 3.8) is 0 Å². The standard InChI is InChI=1S/C17H21N5O/c1-13-16(14(2)22(21-13)10-4-8-18)6-7-17(23)20-12-15-5-3-9-19-11-15/h3,5,9,11H,4,6-7,10,12H2,1-2H3,(H,20,23). The van der Waals surface area contributed by atoms with Crippen molar-refractivity contribution in [2.24, 2.45) is 0 Å². The molecule has 6 heteroatoms. The van der Waals surface area contributed by atoms with Crippen LogP contribution in [-0.4, -0.2) is 20.7 Å². The van der Waals surface area contributed by atoms with Gasteiger partial charge in [-0.2, -0.15) is 10.4 Å². The van der Waals surface area contributed by atoms with Crippen LogP contribution < -0.4 is 5.32 Å². The molecule has 1 amide bonds. The molecule has 23 heavy (non-hydrogen) atoms. The van der Waals surface area contributed by atoms with Crippen molar-refractivity contribution in [1.82, 2.24) is 20.1 Å². The van der Waals surface area contributed by atoms with Gasteiger partial charge in [0, 0.05) is 31.1 Å². The molecule has 0 saturated heterocycles. The first-order valence-corrected chi connectivity index (χ1v) is 7.67. The zero-order valence-corrected chi connectivity index (χ0v) is 13.5. The smallest absolute Gasteiger partial charge is 0.220 e. The normalized spacial score (nSPS) is 10.3. The molecular formula is C17H21N5O. The lowest BCUT2D eigenvalue weighted by Crippen LogP contribution is -2.23. The Morgan fingerprint density at radius 1 is 1.43 bits per heavy atom. The van der Waals surface area contributed by atoms with E-state index >= 15 is 0 Å². The van der Waals surface area contributed by atoms with Crippen molar-refractivity contribution in [2.75, 3.05) is 0 Å². The topological polar surface area (TPSA) is 83.6 Å². The summed E-state index contributed by atoms with van der Waals surface area (Å²) < 4.78 is 1.85. The molecule has 0 radical (unpaired) electrons. The van der Waals surface area contributed by atoms with Crippen molar-refractivity contribution >= 4 is 5.91 Å². The molecule has 2 aromatic rings. The fraction of sp³-hybridized carbons (Fsp3) is 0.412. The molecule has 0 aliphatic rings. The Morgan fingerprint density at radius 2 is 2.26 bits per heavy atom. The first kappa shape index (κ1) is 16.7. The van der Waals surface area contributed by atoms with Crippen LogP contribution in [0.5, 0.6) is 0 Å². The lowest BCUT2D eigenvalue weighted by atomic mass is 10.1. The highest BCUT2D eigenvalue weighted by atomic mass is 16.1. The lowest BCUT2D eigenvalue weighted by Gasteiger charge is -2.06. The number of carbonyl (C=O) groups is 1. The van der Waals surface area contributed by atoms with Gasteiger partial charge in [-0.15, -0.1) is 0 Å². The van der Waals surface area contributed by atoms with Crippen LogP contribution in [0, 0.1) is 25.2 Å². The summed E-state index contributed by atoms with van der Waals surface area (Å²) in [5.41, 5.74) is 4.05. The quantitative estimate of drug-likeness (QED) is 0.848. The van der Waals surface area contributed by atoms with Crippen LogP contribution in [-0.2, 0) is 24.3 Å². The van der Waals surface area contributed by atoms with Crippen molar-refractivity contribution in [3.8, 4) is 6.07 Å². The largest absolute Gasteiger partial charge is 0.352 e. The molecule has 0 aliphatic heterocycles. The van der Waals surface area contributed by atoms with Crippen molar-refractivity contribution in [3.05, 3.63) is 47.0 Å². The highest BCUT2D eigenvalue weighted by Gasteiger charge is 2.12. The number of aryl methyl sites for hydroxylation is 2. The van der Waals surface area contributed by atoms with Gasteiger partial charge < -0.3 is 5.32 Å². The van der Waals surface area contributed by atoms with E-state index in [-0.39, 0.29) is 5.91 Å². The maximum atomic E-state index is 12.0. The fourth-order valence-corrected chi connectivity index (χ4v) is 2.50. The molecular weight excluding hydrogens is 290 g/mol. The monoisotopic (exact) mass is 311 g/mol. The molecule has 0 atom stereocenters. The first-order valence-electron chi connectivity index (χ1n) is 7.67. The van der Waals surface area contributed by atoms with Crippen molar-refractivity contribution in [2.45, 2.75) is 46.2 Å².